The molecule has 4 nitrogen and oxygen atoms in total. The van der Waals surface area contributed by atoms with Crippen LogP contribution in [0.2, 0.25) is 0 Å². The molecule has 0 spiro atoms. The van der Waals surface area contributed by atoms with E-state index in [2.05, 4.69) is 4.98 Å². The van der Waals surface area contributed by atoms with Crippen LogP contribution in [0, 0.1) is 5.82 Å². The number of ether oxygens (including phenoxy) is 1. The maximum absolute atomic E-state index is 13.4. The minimum Gasteiger partial charge on any atom is -0.385 e. The van der Waals surface area contributed by atoms with E-state index in [1.807, 2.05) is 18.4 Å². The molecule has 1 heterocycles. The largest absolute Gasteiger partial charge is 0.385 e. The predicted molar refractivity (Wildman–Crippen MR) is 73.5 cm³/mol. The van der Waals surface area contributed by atoms with Crippen molar-refractivity contribution in [1.82, 2.24) is 9.55 Å². The summed E-state index contributed by atoms with van der Waals surface area (Å²) < 4.78 is 20.4. The molecule has 1 aromatic heterocycles. The monoisotopic (exact) mass is 265 g/mol. The number of halogens is 1. The molecule has 1 aromatic carbocycles. The van der Waals surface area contributed by atoms with Crippen molar-refractivity contribution in [2.45, 2.75) is 32.4 Å². The number of methoxy groups -OCH3 is 1. The molecule has 5 heteroatoms. The first kappa shape index (κ1) is 14.0. The molecule has 104 valence electrons. The summed E-state index contributed by atoms with van der Waals surface area (Å²) in [4.78, 5) is 4.54. The van der Waals surface area contributed by atoms with Crippen molar-refractivity contribution in [2.24, 2.45) is 5.73 Å². The van der Waals surface area contributed by atoms with Crippen molar-refractivity contribution in [2.75, 3.05) is 13.7 Å². The van der Waals surface area contributed by atoms with Gasteiger partial charge in [-0.15, -0.1) is 0 Å². The fourth-order valence-electron chi connectivity index (χ4n) is 2.26. The summed E-state index contributed by atoms with van der Waals surface area (Å²) in [6.07, 6.45) is 0.690. The molecule has 0 aliphatic heterocycles. The fraction of sp³-hybridized carbons (Fsp3) is 0.500. The summed E-state index contributed by atoms with van der Waals surface area (Å²) in [5.41, 5.74) is 7.73. The Morgan fingerprint density at radius 3 is 2.79 bits per heavy atom. The number of fused-ring (bicyclic) bond motifs is 1. The number of hydrogen-bond acceptors (Lipinski definition) is 3. The molecule has 0 bridgehead atoms. The Morgan fingerprint density at radius 2 is 2.16 bits per heavy atom. The van der Waals surface area contributed by atoms with Gasteiger partial charge in [0.25, 0.3) is 0 Å². The quantitative estimate of drug-likeness (QED) is 0.904. The molecule has 1 atom stereocenters. The predicted octanol–water partition coefficient (Wildman–Crippen LogP) is 2.79. The van der Waals surface area contributed by atoms with Crippen LogP contribution >= 0.6 is 0 Å². The topological polar surface area (TPSA) is 53.1 Å². The summed E-state index contributed by atoms with van der Waals surface area (Å²) in [6, 6.07) is 4.59. The third kappa shape index (κ3) is 2.77. The van der Waals surface area contributed by atoms with E-state index in [1.54, 1.807) is 13.2 Å². The van der Waals surface area contributed by atoms with Gasteiger partial charge in [-0.25, -0.2) is 9.37 Å². The van der Waals surface area contributed by atoms with Gasteiger partial charge in [0, 0.05) is 19.8 Å². The van der Waals surface area contributed by atoms with E-state index >= 15 is 0 Å². The first-order chi connectivity index (χ1) is 9.04. The van der Waals surface area contributed by atoms with E-state index in [0.717, 1.165) is 16.9 Å². The van der Waals surface area contributed by atoms with Crippen molar-refractivity contribution in [3.63, 3.8) is 0 Å². The van der Waals surface area contributed by atoms with Crippen molar-refractivity contribution in [3.8, 4) is 0 Å². The van der Waals surface area contributed by atoms with Crippen molar-refractivity contribution < 1.29 is 9.13 Å². The highest BCUT2D eigenvalue weighted by molar-refractivity contribution is 5.76. The third-order valence-electron chi connectivity index (χ3n) is 3.16. The lowest BCUT2D eigenvalue weighted by atomic mass is 10.2. The number of rotatable bonds is 5. The van der Waals surface area contributed by atoms with Crippen LogP contribution in [0.1, 0.15) is 38.2 Å². The lowest BCUT2D eigenvalue weighted by Gasteiger charge is -2.17. The van der Waals surface area contributed by atoms with Crippen LogP contribution in [0.5, 0.6) is 0 Å². The molecule has 0 aliphatic carbocycles. The summed E-state index contributed by atoms with van der Waals surface area (Å²) in [7, 11) is 1.65. The van der Waals surface area contributed by atoms with Crippen LogP contribution in [0.15, 0.2) is 18.2 Å². The molecule has 0 amide bonds. The highest BCUT2D eigenvalue weighted by Gasteiger charge is 2.19. The van der Waals surface area contributed by atoms with Crippen LogP contribution < -0.4 is 5.73 Å². The Kier molecular flexibility index (Phi) is 4.17. The second kappa shape index (κ2) is 5.67. The van der Waals surface area contributed by atoms with Gasteiger partial charge in [0.05, 0.1) is 17.1 Å². The van der Waals surface area contributed by atoms with Gasteiger partial charge in [0.2, 0.25) is 0 Å². The number of aromatic nitrogens is 2. The van der Waals surface area contributed by atoms with Crippen molar-refractivity contribution in [3.05, 3.63) is 29.8 Å². The zero-order valence-corrected chi connectivity index (χ0v) is 11.6. The van der Waals surface area contributed by atoms with Crippen LogP contribution in [-0.4, -0.2) is 23.3 Å². The molecule has 2 N–H and O–H groups in total. The molecule has 0 saturated heterocycles. The smallest absolute Gasteiger partial charge is 0.127 e. The van der Waals surface area contributed by atoms with Gasteiger partial charge in [-0.05, 0) is 38.5 Å². The van der Waals surface area contributed by atoms with Gasteiger partial charge in [-0.1, -0.05) is 0 Å². The first-order valence-electron chi connectivity index (χ1n) is 6.46. The molecule has 1 unspecified atom stereocenters. The number of imidazole rings is 1. The van der Waals surface area contributed by atoms with Crippen LogP contribution in [0.4, 0.5) is 4.39 Å². The second-order valence-corrected chi connectivity index (χ2v) is 4.95. The molecule has 0 fully saturated rings. The third-order valence-corrected chi connectivity index (χ3v) is 3.16. The van der Waals surface area contributed by atoms with E-state index in [9.17, 15) is 4.39 Å². The van der Waals surface area contributed by atoms with E-state index in [1.165, 1.54) is 12.1 Å². The summed E-state index contributed by atoms with van der Waals surface area (Å²) in [5.74, 6) is 0.527. The number of nitrogens with two attached hydrogens (primary N) is 1. The standard InChI is InChI=1S/C14H20FN3O/c1-9(2)18-13-8-10(15)4-5-12(13)17-14(18)11(16)6-7-19-3/h4-5,8-9,11H,6-7,16H2,1-3H3. The summed E-state index contributed by atoms with van der Waals surface area (Å²) in [6.45, 7) is 4.66. The van der Waals surface area contributed by atoms with Crippen molar-refractivity contribution in [1.29, 1.82) is 0 Å². The van der Waals surface area contributed by atoms with E-state index in [-0.39, 0.29) is 17.9 Å². The molecule has 0 radical (unpaired) electrons. The van der Waals surface area contributed by atoms with E-state index in [4.69, 9.17) is 10.5 Å². The number of hydrogen-bond donors (Lipinski definition) is 1. The van der Waals surface area contributed by atoms with Gasteiger partial charge in [0.15, 0.2) is 0 Å². The number of nitrogens with zero attached hydrogens (tertiary/aromatic N) is 2. The lowest BCUT2D eigenvalue weighted by molar-refractivity contribution is 0.186. The first-order valence-corrected chi connectivity index (χ1v) is 6.46. The fourth-order valence-corrected chi connectivity index (χ4v) is 2.26. The SMILES string of the molecule is COCCC(N)c1nc2ccc(F)cc2n1C(C)C. The summed E-state index contributed by atoms with van der Waals surface area (Å²) in [5, 5.41) is 0. The highest BCUT2D eigenvalue weighted by atomic mass is 19.1. The average molecular weight is 265 g/mol. The highest BCUT2D eigenvalue weighted by Crippen LogP contribution is 2.26. The van der Waals surface area contributed by atoms with E-state index < -0.39 is 0 Å². The van der Waals surface area contributed by atoms with E-state index in [0.29, 0.717) is 13.0 Å². The van der Waals surface area contributed by atoms with Gasteiger partial charge in [0.1, 0.15) is 11.6 Å². The van der Waals surface area contributed by atoms with Gasteiger partial charge in [-0.2, -0.15) is 0 Å². The zero-order chi connectivity index (χ0) is 14.0. The Hall–Kier alpha value is -1.46. The van der Waals surface area contributed by atoms with Crippen LogP contribution in [0.25, 0.3) is 11.0 Å². The average Bonchev–Trinajstić information content (AvgIpc) is 2.74. The normalized spacial score (nSPS) is 13.4. The molecule has 0 aliphatic rings. The van der Waals surface area contributed by atoms with Gasteiger partial charge < -0.3 is 15.0 Å². The van der Waals surface area contributed by atoms with Gasteiger partial charge in [-0.3, -0.25) is 0 Å². The Balaban J connectivity index is 2.50. The van der Waals surface area contributed by atoms with Crippen LogP contribution in [0.3, 0.4) is 0 Å². The Bertz CT molecular complexity index is 565. The second-order valence-electron chi connectivity index (χ2n) is 4.95. The van der Waals surface area contributed by atoms with Crippen molar-refractivity contribution >= 4 is 11.0 Å². The minimum absolute atomic E-state index is 0.176. The maximum atomic E-state index is 13.4. The summed E-state index contributed by atoms with van der Waals surface area (Å²) >= 11 is 0. The van der Waals surface area contributed by atoms with Crippen LogP contribution in [-0.2, 0) is 4.74 Å². The number of benzene rings is 1. The Morgan fingerprint density at radius 1 is 1.42 bits per heavy atom. The maximum Gasteiger partial charge on any atom is 0.127 e. The molecular weight excluding hydrogens is 245 g/mol. The Labute approximate surface area is 112 Å². The zero-order valence-electron chi connectivity index (χ0n) is 11.6. The molecule has 2 aromatic rings. The lowest BCUT2D eigenvalue weighted by Crippen LogP contribution is -2.19. The molecular formula is C14H20FN3O. The minimum atomic E-state index is -0.258. The molecule has 2 rings (SSSR count). The molecule has 0 saturated carbocycles. The van der Waals surface area contributed by atoms with Gasteiger partial charge >= 0.3 is 0 Å². The molecule has 19 heavy (non-hydrogen) atoms.